The molecule has 9 heteroatoms. The number of hydrogen-bond acceptors (Lipinski definition) is 5. The Balaban J connectivity index is 1.41. The lowest BCUT2D eigenvalue weighted by molar-refractivity contribution is -0.140. The van der Waals surface area contributed by atoms with E-state index in [0.29, 0.717) is 13.0 Å². The predicted octanol–water partition coefficient (Wildman–Crippen LogP) is 5.13. The van der Waals surface area contributed by atoms with Gasteiger partial charge in [0, 0.05) is 36.9 Å². The van der Waals surface area contributed by atoms with E-state index < -0.39 is 9.70 Å². The molecule has 4 rings (SSSR count). The van der Waals surface area contributed by atoms with Gasteiger partial charge < -0.3 is 19.7 Å². The third kappa shape index (κ3) is 7.17. The number of carbonyl (C=O) groups is 1. The number of hydrogen-bond donors (Lipinski definition) is 1. The summed E-state index contributed by atoms with van der Waals surface area (Å²) in [4.78, 5) is 17.3. The fourth-order valence-electron chi connectivity index (χ4n) is 4.69. The molecule has 1 amide bonds. The van der Waals surface area contributed by atoms with Crippen LogP contribution < -0.4 is 10.1 Å². The fraction of sp³-hybridized carbons (Fsp3) is 0.500. The van der Waals surface area contributed by atoms with Crippen LogP contribution in [-0.2, 0) is 16.0 Å². The maximum atomic E-state index is 13.2. The molecule has 2 aromatic rings. The second-order valence-electron chi connectivity index (χ2n) is 9.14. The van der Waals surface area contributed by atoms with Crippen LogP contribution in [0.5, 0.6) is 5.75 Å². The first-order chi connectivity index (χ1) is 16.9. The molecule has 1 aliphatic heterocycles. The van der Waals surface area contributed by atoms with Crippen LogP contribution in [0.4, 0.5) is 5.69 Å². The van der Waals surface area contributed by atoms with Crippen LogP contribution in [0.2, 0.25) is 0 Å². The van der Waals surface area contributed by atoms with Gasteiger partial charge in [0.1, 0.15) is 12.4 Å². The molecule has 6 nitrogen and oxygen atoms in total. The summed E-state index contributed by atoms with van der Waals surface area (Å²) in [5, 5.41) is 3.36. The SMILES string of the molecule is O=C(N(CNc1cccc(OCCN2CCOCC2)c1)C1(Cc2ccccc2)CCC1)C(Cl)(Cl)Cl. The minimum atomic E-state index is -2.02. The Bertz CT molecular complexity index is 961. The molecule has 2 aromatic carbocycles. The van der Waals surface area contributed by atoms with Gasteiger partial charge in [-0.25, -0.2) is 0 Å². The van der Waals surface area contributed by atoms with Gasteiger partial charge in [-0.2, -0.15) is 0 Å². The largest absolute Gasteiger partial charge is 0.492 e. The van der Waals surface area contributed by atoms with E-state index in [1.165, 1.54) is 0 Å². The highest BCUT2D eigenvalue weighted by atomic mass is 35.6. The fourth-order valence-corrected chi connectivity index (χ4v) is 5.00. The second-order valence-corrected chi connectivity index (χ2v) is 11.4. The summed E-state index contributed by atoms with van der Waals surface area (Å²) in [6, 6.07) is 17.9. The van der Waals surface area contributed by atoms with E-state index in [1.54, 1.807) is 4.90 Å². The van der Waals surface area contributed by atoms with Gasteiger partial charge in [-0.15, -0.1) is 0 Å². The summed E-state index contributed by atoms with van der Waals surface area (Å²) in [6.07, 6.45) is 3.47. The number of morpholine rings is 1. The molecule has 1 heterocycles. The van der Waals surface area contributed by atoms with Gasteiger partial charge in [0.15, 0.2) is 0 Å². The van der Waals surface area contributed by atoms with Gasteiger partial charge in [-0.3, -0.25) is 9.69 Å². The van der Waals surface area contributed by atoms with E-state index in [0.717, 1.165) is 69.1 Å². The van der Waals surface area contributed by atoms with Gasteiger partial charge in [-0.05, 0) is 43.4 Å². The number of alkyl halides is 3. The van der Waals surface area contributed by atoms with E-state index in [9.17, 15) is 4.79 Å². The van der Waals surface area contributed by atoms with Crippen molar-refractivity contribution in [1.82, 2.24) is 9.80 Å². The second kappa shape index (κ2) is 12.0. The Morgan fingerprint density at radius 1 is 1.09 bits per heavy atom. The van der Waals surface area contributed by atoms with Gasteiger partial charge in [0.2, 0.25) is 0 Å². The van der Waals surface area contributed by atoms with Crippen molar-refractivity contribution in [3.63, 3.8) is 0 Å². The zero-order valence-corrected chi connectivity index (χ0v) is 22.0. The monoisotopic (exact) mass is 539 g/mol. The average molecular weight is 541 g/mol. The summed E-state index contributed by atoms with van der Waals surface area (Å²) in [7, 11) is 0. The molecule has 190 valence electrons. The topological polar surface area (TPSA) is 54.0 Å². The minimum Gasteiger partial charge on any atom is -0.492 e. The van der Waals surface area contributed by atoms with Crippen LogP contribution in [-0.4, -0.2) is 71.2 Å². The Kier molecular flexibility index (Phi) is 9.06. The van der Waals surface area contributed by atoms with Crippen LogP contribution in [0.15, 0.2) is 54.6 Å². The molecule has 1 N–H and O–H groups in total. The number of ether oxygens (including phenoxy) is 2. The number of benzene rings is 2. The van der Waals surface area contributed by atoms with Crippen molar-refractivity contribution in [3.05, 3.63) is 60.2 Å². The highest BCUT2D eigenvalue weighted by molar-refractivity contribution is 6.76. The standard InChI is InChI=1S/C26H32Cl3N3O3/c27-26(28,29)24(33)32(25(10-5-11-25)19-21-6-2-1-3-7-21)20-30-22-8-4-9-23(18-22)35-17-14-31-12-15-34-16-13-31/h1-4,6-9,18,30H,5,10-17,19-20H2. The third-order valence-electron chi connectivity index (χ3n) is 6.78. The molecule has 2 fully saturated rings. The molecular weight excluding hydrogens is 509 g/mol. The lowest BCUT2D eigenvalue weighted by atomic mass is 9.71. The summed E-state index contributed by atoms with van der Waals surface area (Å²) >= 11 is 18.2. The average Bonchev–Trinajstić information content (AvgIpc) is 2.83. The van der Waals surface area contributed by atoms with Crippen molar-refractivity contribution in [1.29, 1.82) is 0 Å². The van der Waals surface area contributed by atoms with E-state index in [1.807, 2.05) is 42.5 Å². The zero-order chi connectivity index (χ0) is 24.7. The molecule has 0 unspecified atom stereocenters. The molecule has 1 saturated heterocycles. The third-order valence-corrected chi connectivity index (χ3v) is 7.26. The van der Waals surface area contributed by atoms with Crippen molar-refractivity contribution in [2.75, 3.05) is 51.4 Å². The Morgan fingerprint density at radius 2 is 1.83 bits per heavy atom. The Hall–Kier alpha value is -1.70. The molecule has 0 bridgehead atoms. The van der Waals surface area contributed by atoms with Crippen LogP contribution >= 0.6 is 34.8 Å². The first-order valence-corrected chi connectivity index (χ1v) is 13.2. The molecule has 1 aliphatic carbocycles. The van der Waals surface area contributed by atoms with Crippen LogP contribution in [0.3, 0.4) is 0 Å². The van der Waals surface area contributed by atoms with Crippen molar-refractivity contribution in [2.24, 2.45) is 0 Å². The highest BCUT2D eigenvalue weighted by Crippen LogP contribution is 2.43. The van der Waals surface area contributed by atoms with E-state index in [2.05, 4.69) is 22.3 Å². The van der Waals surface area contributed by atoms with Gasteiger partial charge >= 0.3 is 0 Å². The molecule has 0 spiro atoms. The first kappa shape index (κ1) is 26.4. The summed E-state index contributed by atoms with van der Waals surface area (Å²) < 4.78 is 9.34. The van der Waals surface area contributed by atoms with Crippen LogP contribution in [0.25, 0.3) is 0 Å². The number of nitrogens with one attached hydrogen (secondary N) is 1. The Morgan fingerprint density at radius 3 is 2.49 bits per heavy atom. The van der Waals surface area contributed by atoms with Gasteiger partial charge in [-0.1, -0.05) is 71.2 Å². The molecule has 0 atom stereocenters. The quantitative estimate of drug-likeness (QED) is 0.334. The summed E-state index contributed by atoms with van der Waals surface area (Å²) in [5.74, 6) is 0.258. The minimum absolute atomic E-state index is 0.233. The van der Waals surface area contributed by atoms with Crippen LogP contribution in [0.1, 0.15) is 24.8 Å². The number of halogens is 3. The van der Waals surface area contributed by atoms with Crippen molar-refractivity contribution < 1.29 is 14.3 Å². The molecular formula is C26H32Cl3N3O3. The Labute approximate surface area is 222 Å². The molecule has 0 aromatic heterocycles. The smallest absolute Gasteiger partial charge is 0.276 e. The maximum Gasteiger partial charge on any atom is 0.276 e. The lowest BCUT2D eigenvalue weighted by Gasteiger charge is -2.51. The lowest BCUT2D eigenvalue weighted by Crippen LogP contribution is -2.61. The van der Waals surface area contributed by atoms with E-state index >= 15 is 0 Å². The predicted molar refractivity (Wildman–Crippen MR) is 142 cm³/mol. The molecule has 1 saturated carbocycles. The molecule has 0 radical (unpaired) electrons. The number of amides is 1. The van der Waals surface area contributed by atoms with Crippen molar-refractivity contribution in [2.45, 2.75) is 35.0 Å². The number of carbonyl (C=O) groups excluding carboxylic acids is 1. The highest BCUT2D eigenvalue weighted by Gasteiger charge is 2.49. The molecule has 2 aliphatic rings. The molecule has 35 heavy (non-hydrogen) atoms. The van der Waals surface area contributed by atoms with E-state index in [-0.39, 0.29) is 12.2 Å². The van der Waals surface area contributed by atoms with Crippen molar-refractivity contribution >= 4 is 46.4 Å². The first-order valence-electron chi connectivity index (χ1n) is 12.1. The van der Waals surface area contributed by atoms with E-state index in [4.69, 9.17) is 44.3 Å². The van der Waals surface area contributed by atoms with Gasteiger partial charge in [0.25, 0.3) is 9.70 Å². The zero-order valence-electron chi connectivity index (χ0n) is 19.7. The van der Waals surface area contributed by atoms with Crippen LogP contribution in [0, 0.1) is 0 Å². The normalized spacial score (nSPS) is 17.9. The number of nitrogens with zero attached hydrogens (tertiary/aromatic N) is 2. The van der Waals surface area contributed by atoms with Crippen molar-refractivity contribution in [3.8, 4) is 5.75 Å². The summed E-state index contributed by atoms with van der Waals surface area (Å²) in [5.41, 5.74) is 1.61. The van der Waals surface area contributed by atoms with Gasteiger partial charge in [0.05, 0.1) is 19.9 Å². The maximum absolute atomic E-state index is 13.2. The number of rotatable bonds is 10. The summed E-state index contributed by atoms with van der Waals surface area (Å²) in [6.45, 7) is 5.10. The number of anilines is 1.